The van der Waals surface area contributed by atoms with Gasteiger partial charge in [0.2, 0.25) is 0 Å². The van der Waals surface area contributed by atoms with Crippen molar-refractivity contribution in [3.8, 4) is 17.6 Å². The van der Waals surface area contributed by atoms with E-state index in [0.717, 1.165) is 60.3 Å². The molecule has 34 heavy (non-hydrogen) atoms. The first-order valence-corrected chi connectivity index (χ1v) is 12.2. The zero-order valence-corrected chi connectivity index (χ0v) is 20.2. The lowest BCUT2D eigenvalue weighted by Crippen LogP contribution is -2.19. The molecule has 3 nitrogen and oxygen atoms in total. The van der Waals surface area contributed by atoms with Crippen LogP contribution in [0.4, 0.5) is 0 Å². The molecule has 4 rings (SSSR count). The molecule has 0 unspecified atom stereocenters. The number of ether oxygens (including phenoxy) is 2. The summed E-state index contributed by atoms with van der Waals surface area (Å²) < 4.78 is 12.4. The normalized spacial score (nSPS) is 14.0. The van der Waals surface area contributed by atoms with Crippen molar-refractivity contribution in [1.82, 2.24) is 0 Å². The Labute approximate surface area is 203 Å². The maximum Gasteiger partial charge on any atom is 0.132 e. The second-order valence-electron chi connectivity index (χ2n) is 9.71. The van der Waals surface area contributed by atoms with Crippen LogP contribution in [0.2, 0.25) is 0 Å². The Balaban J connectivity index is 1.44. The van der Waals surface area contributed by atoms with Crippen molar-refractivity contribution in [1.29, 1.82) is 5.26 Å². The van der Waals surface area contributed by atoms with Crippen molar-refractivity contribution in [2.45, 2.75) is 52.6 Å². The van der Waals surface area contributed by atoms with Gasteiger partial charge >= 0.3 is 0 Å². The van der Waals surface area contributed by atoms with Crippen LogP contribution < -0.4 is 9.47 Å². The molecule has 3 aromatic carbocycles. The molecule has 0 heterocycles. The number of benzene rings is 3. The summed E-state index contributed by atoms with van der Waals surface area (Å²) in [4.78, 5) is 0. The van der Waals surface area contributed by atoms with Crippen LogP contribution in [0.25, 0.3) is 5.57 Å². The molecule has 0 saturated carbocycles. The topological polar surface area (TPSA) is 42.2 Å². The Morgan fingerprint density at radius 2 is 1.56 bits per heavy atom. The number of unbranched alkanes of at least 4 members (excludes halogenated alkanes) is 2. The summed E-state index contributed by atoms with van der Waals surface area (Å²) in [6.07, 6.45) is 7.33. The third kappa shape index (κ3) is 6.29. The van der Waals surface area contributed by atoms with E-state index in [9.17, 15) is 5.26 Å². The fourth-order valence-electron chi connectivity index (χ4n) is 4.56. The Morgan fingerprint density at radius 3 is 2.26 bits per heavy atom. The van der Waals surface area contributed by atoms with Crippen LogP contribution in [0.1, 0.15) is 55.4 Å². The SMILES string of the molecule is CC1(C)C=C(C#N)c2c(cc(OCCCCCc3ccccc3)cc2OCc2ccccc2)C1. The molecule has 0 amide bonds. The number of fused-ring (bicyclic) bond motifs is 1. The molecule has 0 N–H and O–H groups in total. The average molecular weight is 452 g/mol. The summed E-state index contributed by atoms with van der Waals surface area (Å²) in [6.45, 7) is 5.46. The van der Waals surface area contributed by atoms with Crippen molar-refractivity contribution < 1.29 is 9.47 Å². The highest BCUT2D eigenvalue weighted by Crippen LogP contribution is 2.43. The van der Waals surface area contributed by atoms with Crippen molar-refractivity contribution in [2.75, 3.05) is 6.61 Å². The molecule has 0 bridgehead atoms. The number of nitrogens with zero attached hydrogens (tertiary/aromatic N) is 1. The van der Waals surface area contributed by atoms with Gasteiger partial charge in [-0.2, -0.15) is 5.26 Å². The summed E-state index contributed by atoms with van der Waals surface area (Å²) in [5, 5.41) is 9.85. The maximum absolute atomic E-state index is 9.85. The van der Waals surface area contributed by atoms with Gasteiger partial charge in [-0.05, 0) is 60.3 Å². The molecule has 174 valence electrons. The lowest BCUT2D eigenvalue weighted by atomic mass is 9.76. The molecule has 1 aliphatic carbocycles. The van der Waals surface area contributed by atoms with E-state index in [-0.39, 0.29) is 5.41 Å². The molecule has 0 spiro atoms. The molecule has 0 fully saturated rings. The predicted molar refractivity (Wildman–Crippen MR) is 138 cm³/mol. The third-order valence-corrected chi connectivity index (χ3v) is 6.19. The van der Waals surface area contributed by atoms with Gasteiger partial charge in [-0.15, -0.1) is 0 Å². The summed E-state index contributed by atoms with van der Waals surface area (Å²) in [5.74, 6) is 1.54. The number of aryl methyl sites for hydroxylation is 1. The van der Waals surface area contributed by atoms with Crippen LogP contribution in [0.15, 0.2) is 78.9 Å². The van der Waals surface area contributed by atoms with Gasteiger partial charge in [0, 0.05) is 11.6 Å². The van der Waals surface area contributed by atoms with Gasteiger partial charge in [0.15, 0.2) is 0 Å². The molecule has 0 radical (unpaired) electrons. The van der Waals surface area contributed by atoms with Crippen molar-refractivity contribution >= 4 is 5.57 Å². The van der Waals surface area contributed by atoms with E-state index in [1.54, 1.807) is 0 Å². The smallest absolute Gasteiger partial charge is 0.132 e. The lowest BCUT2D eigenvalue weighted by molar-refractivity contribution is 0.288. The Hall–Kier alpha value is -3.51. The van der Waals surface area contributed by atoms with E-state index in [1.165, 1.54) is 5.56 Å². The van der Waals surface area contributed by atoms with Crippen molar-refractivity contribution in [3.63, 3.8) is 0 Å². The molecule has 3 aromatic rings. The quantitative estimate of drug-likeness (QED) is 0.299. The molecular formula is C31H33NO2. The van der Waals surface area contributed by atoms with Crippen LogP contribution in [0.3, 0.4) is 0 Å². The number of hydrogen-bond acceptors (Lipinski definition) is 3. The second-order valence-corrected chi connectivity index (χ2v) is 9.71. The predicted octanol–water partition coefficient (Wildman–Crippen LogP) is 7.55. The molecule has 0 saturated heterocycles. The highest BCUT2D eigenvalue weighted by molar-refractivity contribution is 5.84. The van der Waals surface area contributed by atoms with E-state index in [2.05, 4.69) is 62.4 Å². The summed E-state index contributed by atoms with van der Waals surface area (Å²) in [7, 11) is 0. The standard InChI is InChI=1S/C31H33NO2/c1-31(2)20-26-18-28(33-17-11-5-10-14-24-12-6-3-7-13-24)19-29(30(26)27(21-31)22-32)34-23-25-15-8-4-9-16-25/h3-4,6-9,12-13,15-16,18-19,21H,5,10-11,14,17,20,23H2,1-2H3. The average Bonchev–Trinajstić information content (AvgIpc) is 2.84. The summed E-state index contributed by atoms with van der Waals surface area (Å²) >= 11 is 0. The van der Waals surface area contributed by atoms with Crippen LogP contribution >= 0.6 is 0 Å². The molecule has 0 aliphatic heterocycles. The monoisotopic (exact) mass is 451 g/mol. The molecule has 0 atom stereocenters. The molecule has 3 heteroatoms. The lowest BCUT2D eigenvalue weighted by Gasteiger charge is -2.29. The van der Waals surface area contributed by atoms with Crippen LogP contribution in [0.5, 0.6) is 11.5 Å². The van der Waals surface area contributed by atoms with Crippen LogP contribution in [-0.4, -0.2) is 6.61 Å². The fraction of sp³-hybridized carbons (Fsp3) is 0.323. The zero-order valence-electron chi connectivity index (χ0n) is 20.2. The highest BCUT2D eigenvalue weighted by atomic mass is 16.5. The minimum atomic E-state index is -0.0785. The first-order chi connectivity index (χ1) is 16.5. The van der Waals surface area contributed by atoms with Gasteiger partial charge in [-0.1, -0.05) is 80.6 Å². The van der Waals surface area contributed by atoms with Crippen molar-refractivity contribution in [2.24, 2.45) is 5.41 Å². The van der Waals surface area contributed by atoms with Crippen molar-refractivity contribution in [3.05, 3.63) is 101 Å². The first-order valence-electron chi connectivity index (χ1n) is 12.2. The minimum Gasteiger partial charge on any atom is -0.493 e. The largest absolute Gasteiger partial charge is 0.493 e. The molecular weight excluding hydrogens is 418 g/mol. The Kier molecular flexibility index (Phi) is 7.70. The molecule has 1 aliphatic rings. The third-order valence-electron chi connectivity index (χ3n) is 6.19. The maximum atomic E-state index is 9.85. The van der Waals surface area contributed by atoms with Gasteiger partial charge in [0.05, 0.1) is 18.2 Å². The first kappa shape index (κ1) is 23.6. The van der Waals surface area contributed by atoms with Gasteiger partial charge in [-0.3, -0.25) is 0 Å². The van der Waals surface area contributed by atoms with E-state index >= 15 is 0 Å². The molecule has 0 aromatic heterocycles. The Bertz CT molecular complexity index is 1160. The van der Waals surface area contributed by atoms with Crippen LogP contribution in [-0.2, 0) is 19.4 Å². The second kappa shape index (κ2) is 11.1. The van der Waals surface area contributed by atoms with Crippen LogP contribution in [0, 0.1) is 16.7 Å². The summed E-state index contributed by atoms with van der Waals surface area (Å²) in [6, 6.07) is 27.2. The Morgan fingerprint density at radius 1 is 0.853 bits per heavy atom. The minimum absolute atomic E-state index is 0.0785. The van der Waals surface area contributed by atoms with Gasteiger partial charge in [0.1, 0.15) is 18.1 Å². The fourth-order valence-corrected chi connectivity index (χ4v) is 4.56. The zero-order chi connectivity index (χ0) is 23.8. The highest BCUT2D eigenvalue weighted by Gasteiger charge is 2.29. The van der Waals surface area contributed by atoms with E-state index in [4.69, 9.17) is 9.47 Å². The number of allylic oxidation sites excluding steroid dienone is 2. The number of hydrogen-bond donors (Lipinski definition) is 0. The van der Waals surface area contributed by atoms with E-state index in [0.29, 0.717) is 18.8 Å². The number of nitriles is 1. The van der Waals surface area contributed by atoms with Gasteiger partial charge in [-0.25, -0.2) is 0 Å². The van der Waals surface area contributed by atoms with Gasteiger partial charge in [0.25, 0.3) is 0 Å². The van der Waals surface area contributed by atoms with Gasteiger partial charge < -0.3 is 9.47 Å². The van der Waals surface area contributed by atoms with E-state index < -0.39 is 0 Å². The van der Waals surface area contributed by atoms with E-state index in [1.807, 2.05) is 36.4 Å². The summed E-state index contributed by atoms with van der Waals surface area (Å²) in [5.41, 5.74) is 5.12. The number of rotatable bonds is 10.